The second-order valence-electron chi connectivity index (χ2n) is 3.13. The number of rotatable bonds is 2. The van der Waals surface area contributed by atoms with E-state index in [9.17, 15) is 4.79 Å². The lowest BCUT2D eigenvalue weighted by Crippen LogP contribution is -2.19. The zero-order valence-electron chi connectivity index (χ0n) is 8.04. The van der Waals surface area contributed by atoms with Gasteiger partial charge in [-0.1, -0.05) is 0 Å². The third-order valence-electron chi connectivity index (χ3n) is 2.20. The van der Waals surface area contributed by atoms with E-state index in [1.807, 2.05) is 6.92 Å². The maximum absolute atomic E-state index is 11.3. The first-order valence-electron chi connectivity index (χ1n) is 4.72. The fourth-order valence-corrected chi connectivity index (χ4v) is 1.51. The zero-order chi connectivity index (χ0) is 8.81. The smallest absolute Gasteiger partial charge is 0.308 e. The van der Waals surface area contributed by atoms with Gasteiger partial charge >= 0.3 is 5.97 Å². The highest BCUT2D eigenvalue weighted by Gasteiger charge is 2.20. The summed E-state index contributed by atoms with van der Waals surface area (Å²) in [7, 11) is 0. The van der Waals surface area contributed by atoms with Gasteiger partial charge < -0.3 is 10.1 Å². The molecular weight excluding hydrogens is 190 g/mol. The highest BCUT2D eigenvalue weighted by atomic mass is 35.5. The van der Waals surface area contributed by atoms with E-state index in [2.05, 4.69) is 5.32 Å². The molecule has 0 spiro atoms. The van der Waals surface area contributed by atoms with Crippen molar-refractivity contribution in [2.75, 3.05) is 19.7 Å². The van der Waals surface area contributed by atoms with E-state index in [0.29, 0.717) is 6.61 Å². The summed E-state index contributed by atoms with van der Waals surface area (Å²) in [6, 6.07) is 0. The van der Waals surface area contributed by atoms with Crippen molar-refractivity contribution >= 4 is 18.4 Å². The normalized spacial score (nSPS) is 22.7. The van der Waals surface area contributed by atoms with Crippen LogP contribution in [0.1, 0.15) is 26.2 Å². The van der Waals surface area contributed by atoms with Gasteiger partial charge in [0, 0.05) is 0 Å². The van der Waals surface area contributed by atoms with Crippen molar-refractivity contribution in [3.63, 3.8) is 0 Å². The van der Waals surface area contributed by atoms with Crippen molar-refractivity contribution in [3.05, 3.63) is 0 Å². The largest absolute Gasteiger partial charge is 0.466 e. The number of hydrogen-bond donors (Lipinski definition) is 1. The van der Waals surface area contributed by atoms with Crippen LogP contribution in [0.25, 0.3) is 0 Å². The molecule has 0 aromatic heterocycles. The molecule has 0 aromatic carbocycles. The van der Waals surface area contributed by atoms with Gasteiger partial charge in [0.2, 0.25) is 0 Å². The molecule has 1 aliphatic heterocycles. The highest BCUT2D eigenvalue weighted by molar-refractivity contribution is 5.85. The summed E-state index contributed by atoms with van der Waals surface area (Å²) in [6.45, 7) is 4.34. The van der Waals surface area contributed by atoms with Crippen LogP contribution in [0.3, 0.4) is 0 Å². The number of carbonyl (C=O) groups is 1. The molecule has 1 atom stereocenters. The van der Waals surface area contributed by atoms with Crippen LogP contribution in [-0.4, -0.2) is 25.7 Å². The fourth-order valence-electron chi connectivity index (χ4n) is 1.51. The van der Waals surface area contributed by atoms with Crippen LogP contribution in [0.15, 0.2) is 0 Å². The zero-order valence-corrected chi connectivity index (χ0v) is 8.86. The Morgan fingerprint density at radius 3 is 2.92 bits per heavy atom. The van der Waals surface area contributed by atoms with E-state index in [-0.39, 0.29) is 24.3 Å². The molecule has 0 saturated carbocycles. The standard InChI is InChI=1S/C9H17NO2.ClH/c1-2-12-9(11)8-4-3-6-10-7-5-8;/h8,10H,2-7H2,1H3;1H. The van der Waals surface area contributed by atoms with Gasteiger partial charge in [0.15, 0.2) is 0 Å². The van der Waals surface area contributed by atoms with Gasteiger partial charge in [-0.25, -0.2) is 0 Å². The average molecular weight is 208 g/mol. The summed E-state index contributed by atoms with van der Waals surface area (Å²) in [5, 5.41) is 3.27. The minimum Gasteiger partial charge on any atom is -0.466 e. The third kappa shape index (κ3) is 4.48. The molecule has 1 rings (SSSR count). The molecule has 13 heavy (non-hydrogen) atoms. The Kier molecular flexibility index (Phi) is 7.00. The van der Waals surface area contributed by atoms with E-state index in [1.54, 1.807) is 0 Å². The Balaban J connectivity index is 0.00000144. The quantitative estimate of drug-likeness (QED) is 0.695. The molecule has 0 aromatic rings. The van der Waals surface area contributed by atoms with Gasteiger partial charge in [0.05, 0.1) is 12.5 Å². The molecule has 4 heteroatoms. The maximum Gasteiger partial charge on any atom is 0.308 e. The number of ether oxygens (including phenoxy) is 1. The molecule has 1 unspecified atom stereocenters. The summed E-state index contributed by atoms with van der Waals surface area (Å²) in [5.41, 5.74) is 0. The van der Waals surface area contributed by atoms with Crippen LogP contribution >= 0.6 is 12.4 Å². The van der Waals surface area contributed by atoms with Crippen molar-refractivity contribution in [2.45, 2.75) is 26.2 Å². The van der Waals surface area contributed by atoms with Gasteiger partial charge in [0.25, 0.3) is 0 Å². The van der Waals surface area contributed by atoms with Crippen LogP contribution in [0.2, 0.25) is 0 Å². The molecule has 1 N–H and O–H groups in total. The molecule has 0 bridgehead atoms. The van der Waals surface area contributed by atoms with Crippen molar-refractivity contribution in [1.29, 1.82) is 0 Å². The average Bonchev–Trinajstić information content (AvgIpc) is 2.32. The Hall–Kier alpha value is -0.280. The monoisotopic (exact) mass is 207 g/mol. The van der Waals surface area contributed by atoms with E-state index >= 15 is 0 Å². The number of carbonyl (C=O) groups excluding carboxylic acids is 1. The molecule has 1 saturated heterocycles. The van der Waals surface area contributed by atoms with Crippen LogP contribution in [0.4, 0.5) is 0 Å². The minimum absolute atomic E-state index is 0. The van der Waals surface area contributed by atoms with Gasteiger partial charge in [-0.2, -0.15) is 0 Å². The van der Waals surface area contributed by atoms with E-state index in [0.717, 1.165) is 32.4 Å². The Morgan fingerprint density at radius 1 is 1.46 bits per heavy atom. The fraction of sp³-hybridized carbons (Fsp3) is 0.889. The summed E-state index contributed by atoms with van der Waals surface area (Å²) >= 11 is 0. The lowest BCUT2D eigenvalue weighted by atomic mass is 10.0. The van der Waals surface area contributed by atoms with E-state index in [1.165, 1.54) is 0 Å². The first kappa shape index (κ1) is 12.7. The molecule has 1 aliphatic rings. The van der Waals surface area contributed by atoms with E-state index in [4.69, 9.17) is 4.74 Å². The third-order valence-corrected chi connectivity index (χ3v) is 2.20. The Bertz CT molecular complexity index is 145. The molecule has 1 heterocycles. The van der Waals surface area contributed by atoms with Gasteiger partial charge in [-0.05, 0) is 39.3 Å². The molecule has 0 amide bonds. The molecular formula is C9H18ClNO2. The molecule has 78 valence electrons. The summed E-state index contributed by atoms with van der Waals surface area (Å²) in [4.78, 5) is 11.3. The second kappa shape index (κ2) is 7.15. The topological polar surface area (TPSA) is 38.3 Å². The van der Waals surface area contributed by atoms with Crippen molar-refractivity contribution in [2.24, 2.45) is 5.92 Å². The summed E-state index contributed by atoms with van der Waals surface area (Å²) in [5.74, 6) is 0.126. The van der Waals surface area contributed by atoms with Gasteiger partial charge in [0.1, 0.15) is 0 Å². The first-order valence-corrected chi connectivity index (χ1v) is 4.72. The van der Waals surface area contributed by atoms with Crippen LogP contribution in [-0.2, 0) is 9.53 Å². The maximum atomic E-state index is 11.3. The van der Waals surface area contributed by atoms with Crippen molar-refractivity contribution < 1.29 is 9.53 Å². The minimum atomic E-state index is -0.0128. The lowest BCUT2D eigenvalue weighted by molar-refractivity contribution is -0.148. The Labute approximate surface area is 85.6 Å². The number of hydrogen-bond acceptors (Lipinski definition) is 3. The van der Waals surface area contributed by atoms with Gasteiger partial charge in [-0.3, -0.25) is 4.79 Å². The summed E-state index contributed by atoms with van der Waals surface area (Å²) < 4.78 is 4.97. The second-order valence-corrected chi connectivity index (χ2v) is 3.13. The first-order chi connectivity index (χ1) is 5.84. The number of nitrogens with one attached hydrogen (secondary N) is 1. The van der Waals surface area contributed by atoms with Gasteiger partial charge in [-0.15, -0.1) is 12.4 Å². The van der Waals surface area contributed by atoms with Crippen LogP contribution in [0, 0.1) is 5.92 Å². The predicted octanol–water partition coefficient (Wildman–Crippen LogP) is 1.36. The lowest BCUT2D eigenvalue weighted by Gasteiger charge is -2.11. The predicted molar refractivity (Wildman–Crippen MR) is 54.1 cm³/mol. The van der Waals surface area contributed by atoms with Crippen LogP contribution < -0.4 is 5.32 Å². The number of halogens is 1. The SMILES string of the molecule is CCOC(=O)C1CCCNCC1.Cl. The summed E-state index contributed by atoms with van der Waals surface area (Å²) in [6.07, 6.45) is 2.99. The highest BCUT2D eigenvalue weighted by Crippen LogP contribution is 2.14. The molecule has 0 radical (unpaired) electrons. The molecule has 1 fully saturated rings. The van der Waals surface area contributed by atoms with Crippen LogP contribution in [0.5, 0.6) is 0 Å². The van der Waals surface area contributed by atoms with Crippen molar-refractivity contribution in [1.82, 2.24) is 5.32 Å². The van der Waals surface area contributed by atoms with E-state index < -0.39 is 0 Å². The molecule has 3 nitrogen and oxygen atoms in total. The molecule has 0 aliphatic carbocycles. The number of esters is 1. The Morgan fingerprint density at radius 2 is 2.23 bits per heavy atom. The van der Waals surface area contributed by atoms with Crippen molar-refractivity contribution in [3.8, 4) is 0 Å².